The number of rotatable bonds is 7. The van der Waals surface area contributed by atoms with Crippen LogP contribution in [0.5, 0.6) is 0 Å². The minimum absolute atomic E-state index is 0.00674. The number of hydrogen-bond donors (Lipinski definition) is 2. The van der Waals surface area contributed by atoms with Crippen molar-refractivity contribution in [2.45, 2.75) is 31.2 Å². The van der Waals surface area contributed by atoms with E-state index in [9.17, 15) is 14.4 Å². The summed E-state index contributed by atoms with van der Waals surface area (Å²) in [4.78, 5) is 43.6. The number of nitrogen functional groups attached to an aromatic ring is 1. The van der Waals surface area contributed by atoms with Gasteiger partial charge in [-0.25, -0.2) is 14.8 Å². The molecule has 0 fully saturated rings. The molecule has 1 atom stereocenters. The van der Waals surface area contributed by atoms with Gasteiger partial charge >= 0.3 is 5.97 Å². The molecule has 2 rings (SSSR count). The SMILES string of the molecule is CCOC(=O)c1cnc(S[C@@H](C)C(=O)Nc2cccc(C(C)=O)c2)nc1N. The van der Waals surface area contributed by atoms with Crippen molar-refractivity contribution in [3.63, 3.8) is 0 Å². The Hall–Kier alpha value is -2.94. The van der Waals surface area contributed by atoms with Gasteiger partial charge in [-0.05, 0) is 32.9 Å². The lowest BCUT2D eigenvalue weighted by Gasteiger charge is -2.12. The Morgan fingerprint density at radius 1 is 1.33 bits per heavy atom. The van der Waals surface area contributed by atoms with Crippen LogP contribution in [0.25, 0.3) is 0 Å². The monoisotopic (exact) mass is 388 g/mol. The van der Waals surface area contributed by atoms with E-state index in [1.807, 2.05) is 0 Å². The maximum Gasteiger partial charge on any atom is 0.343 e. The second-order valence-electron chi connectivity index (χ2n) is 5.56. The average molecular weight is 388 g/mol. The first-order chi connectivity index (χ1) is 12.8. The fraction of sp³-hybridized carbons (Fsp3) is 0.278. The van der Waals surface area contributed by atoms with Crippen molar-refractivity contribution in [1.29, 1.82) is 0 Å². The number of amides is 1. The number of carbonyl (C=O) groups excluding carboxylic acids is 3. The Morgan fingerprint density at radius 3 is 2.70 bits per heavy atom. The van der Waals surface area contributed by atoms with Gasteiger partial charge in [0.05, 0.1) is 11.9 Å². The fourth-order valence-electron chi connectivity index (χ4n) is 2.07. The van der Waals surface area contributed by atoms with Crippen LogP contribution in [0.4, 0.5) is 11.5 Å². The highest BCUT2D eigenvalue weighted by atomic mass is 32.2. The number of benzene rings is 1. The summed E-state index contributed by atoms with van der Waals surface area (Å²) in [6.45, 7) is 5.05. The van der Waals surface area contributed by atoms with Crippen LogP contribution in [0, 0.1) is 0 Å². The first-order valence-electron chi connectivity index (χ1n) is 8.20. The van der Waals surface area contributed by atoms with Gasteiger partial charge in [0.2, 0.25) is 5.91 Å². The molecule has 9 heteroatoms. The molecule has 0 aliphatic carbocycles. The van der Waals surface area contributed by atoms with Crippen LogP contribution in [0.1, 0.15) is 41.5 Å². The van der Waals surface area contributed by atoms with Crippen molar-refractivity contribution in [2.75, 3.05) is 17.7 Å². The van der Waals surface area contributed by atoms with Crippen LogP contribution in [-0.2, 0) is 9.53 Å². The summed E-state index contributed by atoms with van der Waals surface area (Å²) in [5.41, 5.74) is 6.90. The molecule has 1 aromatic heterocycles. The number of nitrogens with two attached hydrogens (primary N) is 1. The topological polar surface area (TPSA) is 124 Å². The maximum atomic E-state index is 12.4. The van der Waals surface area contributed by atoms with Gasteiger partial charge in [0.15, 0.2) is 10.9 Å². The summed E-state index contributed by atoms with van der Waals surface area (Å²) < 4.78 is 4.87. The average Bonchev–Trinajstić information content (AvgIpc) is 2.62. The van der Waals surface area contributed by atoms with E-state index in [4.69, 9.17) is 10.5 Å². The van der Waals surface area contributed by atoms with Crippen molar-refractivity contribution in [2.24, 2.45) is 0 Å². The van der Waals surface area contributed by atoms with E-state index in [-0.39, 0.29) is 34.8 Å². The zero-order valence-electron chi connectivity index (χ0n) is 15.2. The number of nitrogens with zero attached hydrogens (tertiary/aromatic N) is 2. The molecule has 0 unspecified atom stereocenters. The van der Waals surface area contributed by atoms with E-state index < -0.39 is 11.2 Å². The molecule has 1 aromatic carbocycles. The normalized spacial score (nSPS) is 11.5. The third-order valence-corrected chi connectivity index (χ3v) is 4.45. The van der Waals surface area contributed by atoms with Gasteiger partial charge in [-0.15, -0.1) is 0 Å². The molecule has 142 valence electrons. The van der Waals surface area contributed by atoms with Gasteiger partial charge in [-0.3, -0.25) is 9.59 Å². The van der Waals surface area contributed by atoms with E-state index in [0.717, 1.165) is 11.8 Å². The summed E-state index contributed by atoms with van der Waals surface area (Å²) in [6.07, 6.45) is 1.28. The van der Waals surface area contributed by atoms with E-state index in [1.54, 1.807) is 38.1 Å². The Kier molecular flexibility index (Phi) is 6.89. The predicted octanol–water partition coefficient (Wildman–Crippen LogP) is 2.56. The molecule has 0 aliphatic heterocycles. The molecule has 0 saturated heterocycles. The van der Waals surface area contributed by atoms with Gasteiger partial charge in [0.1, 0.15) is 11.4 Å². The highest BCUT2D eigenvalue weighted by Gasteiger charge is 2.19. The molecule has 0 radical (unpaired) electrons. The molecule has 8 nitrogen and oxygen atoms in total. The highest BCUT2D eigenvalue weighted by Crippen LogP contribution is 2.23. The Morgan fingerprint density at radius 2 is 2.07 bits per heavy atom. The molecule has 27 heavy (non-hydrogen) atoms. The molecule has 1 amide bonds. The lowest BCUT2D eigenvalue weighted by molar-refractivity contribution is -0.115. The minimum atomic E-state index is -0.595. The number of anilines is 2. The van der Waals surface area contributed by atoms with Crippen molar-refractivity contribution < 1.29 is 19.1 Å². The number of esters is 1. The molecular weight excluding hydrogens is 368 g/mol. The number of carbonyl (C=O) groups is 3. The molecule has 0 bridgehead atoms. The van der Waals surface area contributed by atoms with Crippen LogP contribution in [0.2, 0.25) is 0 Å². The zero-order chi connectivity index (χ0) is 20.0. The maximum absolute atomic E-state index is 12.4. The summed E-state index contributed by atoms with van der Waals surface area (Å²) >= 11 is 1.10. The molecule has 2 aromatic rings. The number of nitrogens with one attached hydrogen (secondary N) is 1. The first kappa shape index (κ1) is 20.4. The number of thioether (sulfide) groups is 1. The number of Topliss-reactive ketones (excluding diaryl/α,β-unsaturated/α-hetero) is 1. The number of aromatic nitrogens is 2. The van der Waals surface area contributed by atoms with Crippen LogP contribution >= 0.6 is 11.8 Å². The largest absolute Gasteiger partial charge is 0.462 e. The van der Waals surface area contributed by atoms with Crippen molar-refractivity contribution >= 4 is 40.9 Å². The smallest absolute Gasteiger partial charge is 0.343 e. The van der Waals surface area contributed by atoms with E-state index in [0.29, 0.717) is 11.3 Å². The molecule has 3 N–H and O–H groups in total. The van der Waals surface area contributed by atoms with Crippen LogP contribution in [-0.4, -0.2) is 39.5 Å². The molecular formula is C18H20N4O4S. The zero-order valence-corrected chi connectivity index (χ0v) is 16.0. The Bertz CT molecular complexity index is 872. The van der Waals surface area contributed by atoms with Gasteiger partial charge < -0.3 is 15.8 Å². The second kappa shape index (κ2) is 9.13. The van der Waals surface area contributed by atoms with Crippen molar-refractivity contribution in [1.82, 2.24) is 9.97 Å². The highest BCUT2D eigenvalue weighted by molar-refractivity contribution is 8.00. The van der Waals surface area contributed by atoms with Crippen molar-refractivity contribution in [3.8, 4) is 0 Å². The molecule has 1 heterocycles. The van der Waals surface area contributed by atoms with Gasteiger partial charge in [-0.1, -0.05) is 23.9 Å². The molecule has 0 saturated carbocycles. The number of hydrogen-bond acceptors (Lipinski definition) is 8. The van der Waals surface area contributed by atoms with E-state index in [2.05, 4.69) is 15.3 Å². The standard InChI is InChI=1S/C18H20N4O4S/c1-4-26-17(25)14-9-20-18(22-15(14)19)27-11(3)16(24)21-13-7-5-6-12(8-13)10(2)23/h5-9,11H,4H2,1-3H3,(H,21,24)(H2,19,20,22)/t11-/m0/s1. The van der Waals surface area contributed by atoms with Gasteiger partial charge in [0, 0.05) is 17.4 Å². The third-order valence-electron chi connectivity index (χ3n) is 3.48. The summed E-state index contributed by atoms with van der Waals surface area (Å²) in [6, 6.07) is 6.69. The fourth-order valence-corrected chi connectivity index (χ4v) is 2.82. The Balaban J connectivity index is 2.04. The van der Waals surface area contributed by atoms with Crippen LogP contribution in [0.15, 0.2) is 35.6 Å². The number of ether oxygens (including phenoxy) is 1. The van der Waals surface area contributed by atoms with Crippen molar-refractivity contribution in [3.05, 3.63) is 41.6 Å². The quantitative estimate of drug-likeness (QED) is 0.321. The lowest BCUT2D eigenvalue weighted by atomic mass is 10.1. The Labute approximate surface area is 160 Å². The van der Waals surface area contributed by atoms with Crippen LogP contribution < -0.4 is 11.1 Å². The summed E-state index contributed by atoms with van der Waals surface area (Å²) in [5.74, 6) is -0.966. The minimum Gasteiger partial charge on any atom is -0.462 e. The van der Waals surface area contributed by atoms with Crippen LogP contribution in [0.3, 0.4) is 0 Å². The van der Waals surface area contributed by atoms with Gasteiger partial charge in [-0.2, -0.15) is 0 Å². The van der Waals surface area contributed by atoms with E-state index >= 15 is 0 Å². The lowest BCUT2D eigenvalue weighted by Crippen LogP contribution is -2.23. The predicted molar refractivity (Wildman–Crippen MR) is 103 cm³/mol. The molecule has 0 spiro atoms. The number of ketones is 1. The van der Waals surface area contributed by atoms with Gasteiger partial charge in [0.25, 0.3) is 0 Å². The van der Waals surface area contributed by atoms with E-state index in [1.165, 1.54) is 13.1 Å². The third kappa shape index (κ3) is 5.52. The summed E-state index contributed by atoms with van der Waals surface area (Å²) in [5, 5.41) is 2.48. The molecule has 0 aliphatic rings. The summed E-state index contributed by atoms with van der Waals surface area (Å²) in [7, 11) is 0. The second-order valence-corrected chi connectivity index (χ2v) is 6.87. The first-order valence-corrected chi connectivity index (χ1v) is 9.08.